The minimum atomic E-state index is -0.205. The third-order valence-electron chi connectivity index (χ3n) is 5.93. The van der Waals surface area contributed by atoms with Gasteiger partial charge in [0.1, 0.15) is 16.8 Å². The molecule has 0 unspecified atom stereocenters. The van der Waals surface area contributed by atoms with Crippen LogP contribution in [-0.2, 0) is 4.79 Å². The highest BCUT2D eigenvalue weighted by Crippen LogP contribution is 2.38. The molecule has 0 aliphatic carbocycles. The van der Waals surface area contributed by atoms with Crippen molar-refractivity contribution in [2.45, 2.75) is 18.9 Å². The van der Waals surface area contributed by atoms with Gasteiger partial charge < -0.3 is 19.5 Å². The third-order valence-corrected chi connectivity index (χ3v) is 6.90. The average molecular weight is 540 g/mol. The normalized spacial score (nSPS) is 10.4. The number of aromatic nitrogens is 1. The van der Waals surface area contributed by atoms with Crippen molar-refractivity contribution in [2.75, 3.05) is 31.9 Å². The maximum absolute atomic E-state index is 12.8. The van der Waals surface area contributed by atoms with Crippen LogP contribution < -0.4 is 19.5 Å². The number of methoxy groups -OCH3 is 2. The Labute approximate surface area is 232 Å². The predicted octanol–water partition coefficient (Wildman–Crippen LogP) is 6.74. The molecule has 1 heterocycles. The summed E-state index contributed by atoms with van der Waals surface area (Å²) in [5.74, 6) is 1.76. The van der Waals surface area contributed by atoms with E-state index in [1.54, 1.807) is 32.4 Å². The molecule has 39 heavy (non-hydrogen) atoms. The Balaban J connectivity index is 1.68. The van der Waals surface area contributed by atoms with Crippen LogP contribution in [0.25, 0.3) is 22.4 Å². The molecule has 8 heteroatoms. The highest BCUT2D eigenvalue weighted by Gasteiger charge is 2.18. The van der Waals surface area contributed by atoms with Crippen molar-refractivity contribution in [1.82, 2.24) is 4.98 Å². The number of nitrogens with one attached hydrogen (secondary N) is 1. The topological polar surface area (TPSA) is 93.5 Å². The van der Waals surface area contributed by atoms with E-state index in [0.717, 1.165) is 22.4 Å². The van der Waals surface area contributed by atoms with Crippen molar-refractivity contribution >= 4 is 23.4 Å². The standard InChI is InChI=1S/C31H29N3O4S/c1-5-38-24-13-11-23(12-14-24)33-30(35)19-39-31-26(18-32)25(22-10-15-28(36-3)29(16-22)37-4)17-27(34-31)21-8-6-20(2)7-9-21/h6-17H,5,19H2,1-4H3,(H,33,35). The lowest BCUT2D eigenvalue weighted by atomic mass is 9.98. The van der Waals surface area contributed by atoms with E-state index in [2.05, 4.69) is 11.4 Å². The number of hydrogen-bond donors (Lipinski definition) is 1. The zero-order valence-corrected chi connectivity index (χ0v) is 23.1. The highest BCUT2D eigenvalue weighted by atomic mass is 32.2. The van der Waals surface area contributed by atoms with Crippen LogP contribution in [-0.4, -0.2) is 37.5 Å². The summed E-state index contributed by atoms with van der Waals surface area (Å²) in [6.07, 6.45) is 0. The summed E-state index contributed by atoms with van der Waals surface area (Å²) < 4.78 is 16.3. The molecule has 4 rings (SSSR count). The van der Waals surface area contributed by atoms with E-state index in [0.29, 0.717) is 45.6 Å². The Hall–Kier alpha value is -4.48. The molecule has 0 aliphatic rings. The van der Waals surface area contributed by atoms with Crippen LogP contribution in [0.1, 0.15) is 18.1 Å². The van der Waals surface area contributed by atoms with E-state index in [1.807, 2.05) is 68.4 Å². The van der Waals surface area contributed by atoms with Gasteiger partial charge in [-0.15, -0.1) is 0 Å². The maximum Gasteiger partial charge on any atom is 0.234 e. The smallest absolute Gasteiger partial charge is 0.234 e. The Kier molecular flexibility index (Phi) is 9.08. The van der Waals surface area contributed by atoms with Crippen LogP contribution in [0.15, 0.2) is 77.8 Å². The number of nitriles is 1. The number of amides is 1. The molecule has 0 radical (unpaired) electrons. The van der Waals surface area contributed by atoms with Gasteiger partial charge in [-0.05, 0) is 61.9 Å². The first-order valence-corrected chi connectivity index (χ1v) is 13.3. The number of nitrogens with zero attached hydrogens (tertiary/aromatic N) is 2. The fraction of sp³-hybridized carbons (Fsp3) is 0.194. The molecule has 0 saturated heterocycles. The summed E-state index contributed by atoms with van der Waals surface area (Å²) >= 11 is 1.22. The second kappa shape index (κ2) is 12.9. The molecule has 0 saturated carbocycles. The second-order valence-corrected chi connectivity index (χ2v) is 9.54. The van der Waals surface area contributed by atoms with Crippen molar-refractivity contribution in [3.63, 3.8) is 0 Å². The summed E-state index contributed by atoms with van der Waals surface area (Å²) in [6.45, 7) is 4.51. The van der Waals surface area contributed by atoms with Crippen LogP contribution >= 0.6 is 11.8 Å². The molecular weight excluding hydrogens is 510 g/mol. The van der Waals surface area contributed by atoms with E-state index in [9.17, 15) is 10.1 Å². The molecule has 0 fully saturated rings. The summed E-state index contributed by atoms with van der Waals surface area (Å²) in [7, 11) is 3.15. The van der Waals surface area contributed by atoms with Gasteiger partial charge in [0, 0.05) is 16.8 Å². The molecule has 1 amide bonds. The number of pyridine rings is 1. The number of ether oxygens (including phenoxy) is 3. The van der Waals surface area contributed by atoms with Crippen LogP contribution in [0.2, 0.25) is 0 Å². The molecule has 7 nitrogen and oxygen atoms in total. The van der Waals surface area contributed by atoms with Crippen molar-refractivity contribution in [3.8, 4) is 45.7 Å². The number of aryl methyl sites for hydroxylation is 1. The highest BCUT2D eigenvalue weighted by molar-refractivity contribution is 8.00. The average Bonchev–Trinajstić information content (AvgIpc) is 2.96. The monoisotopic (exact) mass is 539 g/mol. The molecular formula is C31H29N3O4S. The SMILES string of the molecule is CCOc1ccc(NC(=O)CSc2nc(-c3ccc(C)cc3)cc(-c3ccc(OC)c(OC)c3)c2C#N)cc1. The fourth-order valence-electron chi connectivity index (χ4n) is 3.97. The molecule has 1 aromatic heterocycles. The Bertz CT molecular complexity index is 1500. The van der Waals surface area contributed by atoms with Gasteiger partial charge in [-0.25, -0.2) is 4.98 Å². The lowest BCUT2D eigenvalue weighted by Crippen LogP contribution is -2.14. The minimum absolute atomic E-state index is 0.0810. The summed E-state index contributed by atoms with van der Waals surface area (Å²) in [5, 5.41) is 13.5. The zero-order valence-electron chi connectivity index (χ0n) is 22.3. The quantitative estimate of drug-likeness (QED) is 0.223. The van der Waals surface area contributed by atoms with E-state index in [1.165, 1.54) is 11.8 Å². The van der Waals surface area contributed by atoms with Gasteiger partial charge in [-0.1, -0.05) is 47.7 Å². The third kappa shape index (κ3) is 6.70. The number of carbonyl (C=O) groups excluding carboxylic acids is 1. The molecule has 0 bridgehead atoms. The Morgan fingerprint density at radius 3 is 2.28 bits per heavy atom. The first kappa shape index (κ1) is 27.6. The summed E-state index contributed by atoms with van der Waals surface area (Å²) in [5.41, 5.74) is 5.27. The van der Waals surface area contributed by atoms with Gasteiger partial charge in [0.2, 0.25) is 5.91 Å². The first-order chi connectivity index (χ1) is 18.9. The summed E-state index contributed by atoms with van der Waals surface area (Å²) in [6, 6.07) is 24.9. The zero-order chi connectivity index (χ0) is 27.8. The number of anilines is 1. The minimum Gasteiger partial charge on any atom is -0.494 e. The molecule has 3 aromatic carbocycles. The van der Waals surface area contributed by atoms with Crippen LogP contribution in [0.3, 0.4) is 0 Å². The van der Waals surface area contributed by atoms with Gasteiger partial charge in [-0.3, -0.25) is 4.79 Å². The molecule has 0 aliphatic heterocycles. The largest absolute Gasteiger partial charge is 0.494 e. The van der Waals surface area contributed by atoms with Crippen molar-refractivity contribution < 1.29 is 19.0 Å². The van der Waals surface area contributed by atoms with E-state index >= 15 is 0 Å². The van der Waals surface area contributed by atoms with Crippen molar-refractivity contribution in [3.05, 3.63) is 83.9 Å². The van der Waals surface area contributed by atoms with E-state index in [4.69, 9.17) is 19.2 Å². The van der Waals surface area contributed by atoms with Gasteiger partial charge >= 0.3 is 0 Å². The molecule has 198 valence electrons. The maximum atomic E-state index is 12.8. The number of carbonyl (C=O) groups is 1. The molecule has 4 aromatic rings. The lowest BCUT2D eigenvalue weighted by Gasteiger charge is -2.14. The molecule has 1 N–H and O–H groups in total. The van der Waals surface area contributed by atoms with E-state index < -0.39 is 0 Å². The number of hydrogen-bond acceptors (Lipinski definition) is 7. The number of benzene rings is 3. The number of thioether (sulfide) groups is 1. The Morgan fingerprint density at radius 2 is 1.64 bits per heavy atom. The van der Waals surface area contributed by atoms with Gasteiger partial charge in [0.05, 0.1) is 37.8 Å². The van der Waals surface area contributed by atoms with Crippen molar-refractivity contribution in [2.24, 2.45) is 0 Å². The number of rotatable bonds is 10. The van der Waals surface area contributed by atoms with Crippen LogP contribution in [0.5, 0.6) is 17.2 Å². The Morgan fingerprint density at radius 1 is 0.949 bits per heavy atom. The molecule has 0 spiro atoms. The fourth-order valence-corrected chi connectivity index (χ4v) is 4.77. The second-order valence-electron chi connectivity index (χ2n) is 8.58. The van der Waals surface area contributed by atoms with Crippen molar-refractivity contribution in [1.29, 1.82) is 5.26 Å². The predicted molar refractivity (Wildman–Crippen MR) is 155 cm³/mol. The first-order valence-electron chi connectivity index (χ1n) is 12.4. The summed E-state index contributed by atoms with van der Waals surface area (Å²) in [4.78, 5) is 17.6. The van der Waals surface area contributed by atoms with Gasteiger partial charge in [0.25, 0.3) is 0 Å². The van der Waals surface area contributed by atoms with Gasteiger partial charge in [0.15, 0.2) is 11.5 Å². The van der Waals surface area contributed by atoms with Gasteiger partial charge in [-0.2, -0.15) is 5.26 Å². The van der Waals surface area contributed by atoms with E-state index in [-0.39, 0.29) is 11.7 Å². The lowest BCUT2D eigenvalue weighted by molar-refractivity contribution is -0.113. The van der Waals surface area contributed by atoms with Crippen LogP contribution in [0.4, 0.5) is 5.69 Å². The van der Waals surface area contributed by atoms with Crippen LogP contribution in [0, 0.1) is 18.3 Å². The molecule has 0 atom stereocenters.